The number of hydrogen-bond donors (Lipinski definition) is 1. The lowest BCUT2D eigenvalue weighted by Gasteiger charge is -2.06. The van der Waals surface area contributed by atoms with E-state index in [4.69, 9.17) is 4.42 Å². The molecule has 3 heterocycles. The zero-order valence-electron chi connectivity index (χ0n) is 12.5. The van der Waals surface area contributed by atoms with Crippen LogP contribution in [-0.4, -0.2) is 20.7 Å². The van der Waals surface area contributed by atoms with Crippen LogP contribution in [0.5, 0.6) is 0 Å². The number of fused-ring (bicyclic) bond motifs is 3. The van der Waals surface area contributed by atoms with E-state index in [9.17, 15) is 9.59 Å². The summed E-state index contributed by atoms with van der Waals surface area (Å²) in [5, 5.41) is 7.94. The van der Waals surface area contributed by atoms with E-state index in [1.54, 1.807) is 36.5 Å². The van der Waals surface area contributed by atoms with Crippen LogP contribution in [-0.2, 0) is 11.3 Å². The highest BCUT2D eigenvalue weighted by molar-refractivity contribution is 6.02. The summed E-state index contributed by atoms with van der Waals surface area (Å²) >= 11 is 0. The summed E-state index contributed by atoms with van der Waals surface area (Å²) in [5.41, 5.74) is 0.569. The smallest absolute Gasteiger partial charge is 0.347 e. The minimum Gasteiger partial charge on any atom is -0.422 e. The molecule has 0 aliphatic carbocycles. The van der Waals surface area contributed by atoms with Crippen LogP contribution in [0.2, 0.25) is 0 Å². The minimum absolute atomic E-state index is 0.0342. The molecule has 118 valence electrons. The lowest BCUT2D eigenvalue weighted by molar-refractivity contribution is -0.116. The van der Waals surface area contributed by atoms with E-state index in [1.165, 1.54) is 10.9 Å². The molecule has 0 bridgehead atoms. The first-order valence-corrected chi connectivity index (χ1v) is 7.30. The summed E-state index contributed by atoms with van der Waals surface area (Å²) in [6.07, 6.45) is 3.01. The van der Waals surface area contributed by atoms with Crippen molar-refractivity contribution in [3.8, 4) is 0 Å². The monoisotopic (exact) mass is 320 g/mol. The number of carbonyl (C=O) groups is 1. The van der Waals surface area contributed by atoms with Crippen LogP contribution in [0.4, 0.5) is 5.82 Å². The van der Waals surface area contributed by atoms with Gasteiger partial charge in [-0.15, -0.1) is 0 Å². The number of amides is 1. The van der Waals surface area contributed by atoms with E-state index in [0.29, 0.717) is 22.3 Å². The molecule has 0 radical (unpaired) electrons. The number of benzene rings is 1. The van der Waals surface area contributed by atoms with Crippen molar-refractivity contribution in [3.63, 3.8) is 0 Å². The third kappa shape index (κ3) is 2.41. The zero-order chi connectivity index (χ0) is 16.5. The second-order valence-electron chi connectivity index (χ2n) is 5.21. The van der Waals surface area contributed by atoms with Gasteiger partial charge in [-0.25, -0.2) is 9.78 Å². The van der Waals surface area contributed by atoms with Crippen LogP contribution in [0, 0.1) is 0 Å². The Morgan fingerprint density at radius 3 is 2.79 bits per heavy atom. The molecule has 0 aliphatic rings. The highest BCUT2D eigenvalue weighted by Gasteiger charge is 2.15. The Balaban J connectivity index is 1.75. The van der Waals surface area contributed by atoms with Gasteiger partial charge in [-0.1, -0.05) is 18.2 Å². The molecular weight excluding hydrogens is 308 g/mol. The molecule has 0 atom stereocenters. The van der Waals surface area contributed by atoms with Crippen molar-refractivity contribution in [1.82, 2.24) is 14.8 Å². The van der Waals surface area contributed by atoms with Crippen LogP contribution in [0.3, 0.4) is 0 Å². The van der Waals surface area contributed by atoms with Gasteiger partial charge in [0.1, 0.15) is 23.3 Å². The van der Waals surface area contributed by atoms with E-state index in [2.05, 4.69) is 15.4 Å². The Hall–Kier alpha value is -3.48. The first-order valence-electron chi connectivity index (χ1n) is 7.30. The summed E-state index contributed by atoms with van der Waals surface area (Å²) in [6.45, 7) is -0.0342. The molecule has 7 heteroatoms. The molecule has 24 heavy (non-hydrogen) atoms. The first kappa shape index (κ1) is 14.1. The Morgan fingerprint density at radius 2 is 1.96 bits per heavy atom. The summed E-state index contributed by atoms with van der Waals surface area (Å²) in [7, 11) is 0. The molecule has 0 unspecified atom stereocenters. The van der Waals surface area contributed by atoms with Gasteiger partial charge in [-0.3, -0.25) is 9.48 Å². The maximum absolute atomic E-state index is 12.2. The second kappa shape index (κ2) is 5.62. The molecule has 0 saturated carbocycles. The van der Waals surface area contributed by atoms with E-state index < -0.39 is 5.63 Å². The van der Waals surface area contributed by atoms with E-state index in [0.717, 1.165) is 5.39 Å². The number of hydrogen-bond acceptors (Lipinski definition) is 5. The molecule has 0 fully saturated rings. The predicted molar refractivity (Wildman–Crippen MR) is 88.6 cm³/mol. The highest BCUT2D eigenvalue weighted by Crippen LogP contribution is 2.22. The van der Waals surface area contributed by atoms with Crippen molar-refractivity contribution < 1.29 is 9.21 Å². The summed E-state index contributed by atoms with van der Waals surface area (Å²) in [4.78, 5) is 28.3. The first-order chi connectivity index (χ1) is 11.7. The number of aromatic nitrogens is 3. The van der Waals surface area contributed by atoms with E-state index in [1.807, 2.05) is 12.1 Å². The normalized spacial score (nSPS) is 11.0. The molecular formula is C17H12N4O3. The van der Waals surface area contributed by atoms with Crippen molar-refractivity contribution in [2.45, 2.75) is 6.54 Å². The number of pyridine rings is 1. The van der Waals surface area contributed by atoms with Crippen LogP contribution in [0.15, 0.2) is 64.1 Å². The summed E-state index contributed by atoms with van der Waals surface area (Å²) < 4.78 is 6.76. The van der Waals surface area contributed by atoms with Gasteiger partial charge >= 0.3 is 5.63 Å². The van der Waals surface area contributed by atoms with Gasteiger partial charge in [0.25, 0.3) is 0 Å². The Kier molecular flexibility index (Phi) is 3.31. The Morgan fingerprint density at radius 1 is 1.12 bits per heavy atom. The highest BCUT2D eigenvalue weighted by atomic mass is 16.4. The number of para-hydroxylation sites is 1. The van der Waals surface area contributed by atoms with Crippen molar-refractivity contribution in [1.29, 1.82) is 0 Å². The molecule has 1 N–H and O–H groups in total. The van der Waals surface area contributed by atoms with Crippen molar-refractivity contribution >= 4 is 33.6 Å². The molecule has 7 nitrogen and oxygen atoms in total. The fourth-order valence-corrected chi connectivity index (χ4v) is 2.60. The lowest BCUT2D eigenvalue weighted by Crippen LogP contribution is -2.20. The fraction of sp³-hybridized carbons (Fsp3) is 0.0588. The van der Waals surface area contributed by atoms with Crippen LogP contribution in [0.25, 0.3) is 21.9 Å². The number of rotatable bonds is 3. The summed E-state index contributed by atoms with van der Waals surface area (Å²) in [5.74, 6) is 0.180. The fourth-order valence-electron chi connectivity index (χ4n) is 2.60. The zero-order valence-corrected chi connectivity index (χ0v) is 12.5. The number of anilines is 1. The third-order valence-corrected chi connectivity index (χ3v) is 3.63. The predicted octanol–water partition coefficient (Wildman–Crippen LogP) is 2.18. The van der Waals surface area contributed by atoms with Gasteiger partial charge in [0.15, 0.2) is 0 Å². The molecule has 4 aromatic rings. The standard InChI is InChI=1S/C17H12N4O3/c22-15(20-14-7-3-4-8-18-14)10-21-16-11-5-1-2-6-13(11)24-17(23)12(16)9-19-21/h1-9H,10H2,(H,18,20,22). The molecule has 0 aliphatic heterocycles. The van der Waals surface area contributed by atoms with Crippen LogP contribution < -0.4 is 10.9 Å². The Labute approximate surface area is 135 Å². The third-order valence-electron chi connectivity index (χ3n) is 3.63. The van der Waals surface area contributed by atoms with E-state index in [-0.39, 0.29) is 12.5 Å². The van der Waals surface area contributed by atoms with Crippen molar-refractivity contribution in [3.05, 3.63) is 65.3 Å². The minimum atomic E-state index is -0.472. The molecule has 0 saturated heterocycles. The van der Waals surface area contributed by atoms with Crippen LogP contribution in [0.1, 0.15) is 0 Å². The number of carbonyl (C=O) groups excluding carboxylic acids is 1. The van der Waals surface area contributed by atoms with Crippen LogP contribution >= 0.6 is 0 Å². The Bertz CT molecular complexity index is 1100. The van der Waals surface area contributed by atoms with Gasteiger partial charge in [0, 0.05) is 11.6 Å². The molecule has 0 spiro atoms. The van der Waals surface area contributed by atoms with Gasteiger partial charge in [-0.05, 0) is 24.3 Å². The maximum Gasteiger partial charge on any atom is 0.347 e. The number of nitrogens with zero attached hydrogens (tertiary/aromatic N) is 3. The maximum atomic E-state index is 12.2. The quantitative estimate of drug-likeness (QED) is 0.584. The van der Waals surface area contributed by atoms with Crippen molar-refractivity contribution in [2.75, 3.05) is 5.32 Å². The molecule has 1 aromatic carbocycles. The average Bonchev–Trinajstić information content (AvgIpc) is 3.00. The van der Waals surface area contributed by atoms with Gasteiger partial charge in [-0.2, -0.15) is 5.10 Å². The number of nitrogens with one attached hydrogen (secondary N) is 1. The molecule has 3 aromatic heterocycles. The molecule has 1 amide bonds. The molecule has 4 rings (SSSR count). The summed E-state index contributed by atoms with van der Waals surface area (Å²) in [6, 6.07) is 12.4. The lowest BCUT2D eigenvalue weighted by atomic mass is 10.2. The van der Waals surface area contributed by atoms with Crippen molar-refractivity contribution in [2.24, 2.45) is 0 Å². The largest absolute Gasteiger partial charge is 0.422 e. The van der Waals surface area contributed by atoms with Gasteiger partial charge in [0.05, 0.1) is 11.7 Å². The van der Waals surface area contributed by atoms with Gasteiger partial charge < -0.3 is 9.73 Å². The van der Waals surface area contributed by atoms with Gasteiger partial charge in [0.2, 0.25) is 5.91 Å². The SMILES string of the molecule is O=C(Cn1ncc2c(=O)oc3ccccc3c21)Nc1ccccn1. The van der Waals surface area contributed by atoms with E-state index >= 15 is 0 Å². The second-order valence-corrected chi connectivity index (χ2v) is 5.21. The average molecular weight is 320 g/mol. The topological polar surface area (TPSA) is 90.0 Å².